The molecule has 0 fully saturated rings. The van der Waals surface area contributed by atoms with Crippen molar-refractivity contribution in [1.29, 1.82) is 0 Å². The fourth-order valence-electron chi connectivity index (χ4n) is 2.14. The van der Waals surface area contributed by atoms with Crippen LogP contribution in [0.3, 0.4) is 0 Å². The van der Waals surface area contributed by atoms with Gasteiger partial charge in [-0.15, -0.1) is 0 Å². The number of rotatable bonds is 4. The van der Waals surface area contributed by atoms with Crippen LogP contribution in [0.1, 0.15) is 28.4 Å². The molecular formula is C17H17BrClNO. The Bertz CT molecular complexity index is 640. The van der Waals surface area contributed by atoms with Crippen molar-refractivity contribution < 1.29 is 4.79 Å². The highest BCUT2D eigenvalue weighted by atomic mass is 79.9. The summed E-state index contributed by atoms with van der Waals surface area (Å²) in [5.74, 6) is -0.0629. The topological polar surface area (TPSA) is 29.1 Å². The molecule has 110 valence electrons. The highest BCUT2D eigenvalue weighted by Crippen LogP contribution is 2.18. The molecule has 0 bridgehead atoms. The maximum absolute atomic E-state index is 12.3. The Morgan fingerprint density at radius 1 is 1.24 bits per heavy atom. The molecule has 2 nitrogen and oxygen atoms in total. The fourth-order valence-corrected chi connectivity index (χ4v) is 2.69. The van der Waals surface area contributed by atoms with Gasteiger partial charge in [-0.2, -0.15) is 0 Å². The molecule has 0 aliphatic heterocycles. The van der Waals surface area contributed by atoms with Crippen LogP contribution in [-0.2, 0) is 6.42 Å². The predicted octanol–water partition coefficient (Wildman–Crippen LogP) is 4.77. The maximum atomic E-state index is 12.3. The molecule has 0 saturated heterocycles. The van der Waals surface area contributed by atoms with Crippen LogP contribution in [0.25, 0.3) is 0 Å². The quantitative estimate of drug-likeness (QED) is 0.829. The lowest BCUT2D eigenvalue weighted by Gasteiger charge is -2.15. The van der Waals surface area contributed by atoms with Gasteiger partial charge in [0.25, 0.3) is 5.91 Å². The summed E-state index contributed by atoms with van der Waals surface area (Å²) in [5, 5.41) is 3.75. The molecule has 2 rings (SSSR count). The molecule has 0 spiro atoms. The summed E-state index contributed by atoms with van der Waals surface area (Å²) in [7, 11) is 0. The molecule has 2 aromatic rings. The zero-order chi connectivity index (χ0) is 15.4. The molecule has 0 radical (unpaired) electrons. The predicted molar refractivity (Wildman–Crippen MR) is 91.0 cm³/mol. The molecule has 1 atom stereocenters. The lowest BCUT2D eigenvalue weighted by Crippen LogP contribution is -2.34. The number of nitrogens with one attached hydrogen (secondary N) is 1. The Kier molecular flexibility index (Phi) is 5.43. The summed E-state index contributed by atoms with van der Waals surface area (Å²) in [4.78, 5) is 12.3. The Morgan fingerprint density at radius 2 is 1.90 bits per heavy atom. The second-order valence-electron chi connectivity index (χ2n) is 5.19. The van der Waals surface area contributed by atoms with Crippen LogP contribution < -0.4 is 5.32 Å². The minimum absolute atomic E-state index is 0.0473. The van der Waals surface area contributed by atoms with E-state index in [4.69, 9.17) is 11.6 Å². The lowest BCUT2D eigenvalue weighted by molar-refractivity contribution is 0.0939. The first-order chi connectivity index (χ1) is 9.95. The average molecular weight is 367 g/mol. The molecule has 0 aromatic heterocycles. The molecule has 2 aromatic carbocycles. The minimum Gasteiger partial charge on any atom is -0.349 e. The van der Waals surface area contributed by atoms with Gasteiger partial charge in [0.1, 0.15) is 0 Å². The summed E-state index contributed by atoms with van der Waals surface area (Å²) >= 11 is 9.29. The van der Waals surface area contributed by atoms with Gasteiger partial charge >= 0.3 is 0 Å². The molecule has 1 amide bonds. The number of aryl methyl sites for hydroxylation is 1. The third-order valence-corrected chi connectivity index (χ3v) is 4.14. The second-order valence-corrected chi connectivity index (χ2v) is 6.48. The van der Waals surface area contributed by atoms with Crippen LogP contribution in [0.15, 0.2) is 46.9 Å². The van der Waals surface area contributed by atoms with E-state index < -0.39 is 0 Å². The van der Waals surface area contributed by atoms with E-state index in [1.165, 1.54) is 0 Å². The normalized spacial score (nSPS) is 12.0. The van der Waals surface area contributed by atoms with E-state index in [1.807, 2.05) is 56.3 Å². The van der Waals surface area contributed by atoms with Gasteiger partial charge in [-0.25, -0.2) is 0 Å². The SMILES string of the molecule is Cc1ccc(Br)c(C(=O)NC(C)Cc2ccc(Cl)cc2)c1. The third-order valence-electron chi connectivity index (χ3n) is 3.20. The number of carbonyl (C=O) groups excluding carboxylic acids is 1. The molecule has 21 heavy (non-hydrogen) atoms. The van der Waals surface area contributed by atoms with Gasteiger partial charge in [-0.3, -0.25) is 4.79 Å². The molecule has 1 N–H and O–H groups in total. The Hall–Kier alpha value is -1.32. The van der Waals surface area contributed by atoms with Gasteiger partial charge in [0.2, 0.25) is 0 Å². The van der Waals surface area contributed by atoms with E-state index >= 15 is 0 Å². The summed E-state index contributed by atoms with van der Waals surface area (Å²) < 4.78 is 0.810. The van der Waals surface area contributed by atoms with E-state index in [0.29, 0.717) is 5.56 Å². The van der Waals surface area contributed by atoms with Crippen molar-refractivity contribution in [3.63, 3.8) is 0 Å². The number of hydrogen-bond acceptors (Lipinski definition) is 1. The van der Waals surface area contributed by atoms with Crippen LogP contribution >= 0.6 is 27.5 Å². The summed E-state index contributed by atoms with van der Waals surface area (Å²) in [6.45, 7) is 3.97. The molecule has 0 aliphatic rings. The van der Waals surface area contributed by atoms with Gasteiger partial charge < -0.3 is 5.32 Å². The molecule has 0 saturated carbocycles. The summed E-state index contributed by atoms with van der Waals surface area (Å²) in [6, 6.07) is 13.5. The van der Waals surface area contributed by atoms with E-state index in [-0.39, 0.29) is 11.9 Å². The van der Waals surface area contributed by atoms with Crippen molar-refractivity contribution >= 4 is 33.4 Å². The first kappa shape index (κ1) is 16.1. The van der Waals surface area contributed by atoms with E-state index in [0.717, 1.165) is 27.0 Å². The first-order valence-electron chi connectivity index (χ1n) is 6.77. The largest absolute Gasteiger partial charge is 0.349 e. The van der Waals surface area contributed by atoms with Crippen molar-refractivity contribution in [2.24, 2.45) is 0 Å². The molecule has 1 unspecified atom stereocenters. The standard InChI is InChI=1S/C17H17BrClNO/c1-11-3-8-16(18)15(9-11)17(21)20-12(2)10-13-4-6-14(19)7-5-13/h3-9,12H,10H2,1-2H3,(H,20,21). The highest BCUT2D eigenvalue weighted by molar-refractivity contribution is 9.10. The smallest absolute Gasteiger partial charge is 0.252 e. The van der Waals surface area contributed by atoms with Crippen molar-refractivity contribution in [2.45, 2.75) is 26.3 Å². The maximum Gasteiger partial charge on any atom is 0.252 e. The number of amides is 1. The van der Waals surface area contributed by atoms with E-state index in [2.05, 4.69) is 21.2 Å². The molecule has 0 heterocycles. The minimum atomic E-state index is -0.0629. The first-order valence-corrected chi connectivity index (χ1v) is 7.94. The van der Waals surface area contributed by atoms with Crippen LogP contribution in [0, 0.1) is 6.92 Å². The van der Waals surface area contributed by atoms with Gasteiger partial charge in [0, 0.05) is 15.5 Å². The van der Waals surface area contributed by atoms with E-state index in [9.17, 15) is 4.79 Å². The number of carbonyl (C=O) groups is 1. The van der Waals surface area contributed by atoms with E-state index in [1.54, 1.807) is 0 Å². The highest BCUT2D eigenvalue weighted by Gasteiger charge is 2.13. The zero-order valence-corrected chi connectivity index (χ0v) is 14.3. The lowest BCUT2D eigenvalue weighted by atomic mass is 10.1. The second kappa shape index (κ2) is 7.10. The number of halogens is 2. The summed E-state index contributed by atoms with van der Waals surface area (Å²) in [5.41, 5.74) is 2.88. The fraction of sp³-hybridized carbons (Fsp3) is 0.235. The Balaban J connectivity index is 2.01. The monoisotopic (exact) mass is 365 g/mol. The van der Waals surface area contributed by atoms with Crippen LogP contribution in [0.5, 0.6) is 0 Å². The average Bonchev–Trinajstić information content (AvgIpc) is 2.44. The van der Waals surface area contributed by atoms with Crippen molar-refractivity contribution in [2.75, 3.05) is 0 Å². The van der Waals surface area contributed by atoms with Gasteiger partial charge in [0.15, 0.2) is 0 Å². The zero-order valence-electron chi connectivity index (χ0n) is 12.0. The number of benzene rings is 2. The summed E-state index contributed by atoms with van der Waals surface area (Å²) in [6.07, 6.45) is 0.770. The van der Waals surface area contributed by atoms with Crippen LogP contribution in [0.4, 0.5) is 0 Å². The molecular weight excluding hydrogens is 350 g/mol. The van der Waals surface area contributed by atoms with Crippen LogP contribution in [0.2, 0.25) is 5.02 Å². The van der Waals surface area contributed by atoms with Crippen LogP contribution in [-0.4, -0.2) is 11.9 Å². The van der Waals surface area contributed by atoms with Crippen molar-refractivity contribution in [3.05, 3.63) is 68.7 Å². The molecule has 0 aliphatic carbocycles. The van der Waals surface area contributed by atoms with Gasteiger partial charge in [-0.1, -0.05) is 35.4 Å². The third kappa shape index (κ3) is 4.58. The molecule has 4 heteroatoms. The van der Waals surface area contributed by atoms with Gasteiger partial charge in [-0.05, 0) is 66.0 Å². The Morgan fingerprint density at radius 3 is 2.57 bits per heavy atom. The van der Waals surface area contributed by atoms with Crippen molar-refractivity contribution in [1.82, 2.24) is 5.32 Å². The van der Waals surface area contributed by atoms with Gasteiger partial charge in [0.05, 0.1) is 5.56 Å². The number of hydrogen-bond donors (Lipinski definition) is 1. The van der Waals surface area contributed by atoms with Crippen molar-refractivity contribution in [3.8, 4) is 0 Å². The Labute approximate surface area is 138 Å².